The average molecular weight is 439 g/mol. The number of carbonyl (C=O) groups is 1. The number of para-hydroxylation sites is 1. The van der Waals surface area contributed by atoms with Crippen LogP contribution in [0.15, 0.2) is 72.8 Å². The van der Waals surface area contributed by atoms with E-state index in [2.05, 4.69) is 0 Å². The quantitative estimate of drug-likeness (QED) is 0.397. The molecule has 0 aliphatic heterocycles. The van der Waals surface area contributed by atoms with E-state index in [0.717, 1.165) is 22.6 Å². The fraction of sp³-hybridized carbons (Fsp3) is 0.269. The molecule has 0 aliphatic rings. The zero-order valence-corrected chi connectivity index (χ0v) is 18.3. The van der Waals surface area contributed by atoms with Crippen molar-refractivity contribution in [2.45, 2.75) is 38.2 Å². The Hall–Kier alpha value is -2.82. The summed E-state index contributed by atoms with van der Waals surface area (Å²) in [6, 6.07) is 22.9. The zero-order chi connectivity index (χ0) is 22.1. The van der Waals surface area contributed by atoms with E-state index in [1.54, 1.807) is 13.2 Å². The Morgan fingerprint density at radius 2 is 1.61 bits per heavy atom. The summed E-state index contributed by atoms with van der Waals surface area (Å²) in [4.78, 5) is 12.2. The van der Waals surface area contributed by atoms with Gasteiger partial charge in [0.05, 0.1) is 18.2 Å². The Morgan fingerprint density at radius 1 is 0.935 bits per heavy atom. The number of aliphatic hydroxyl groups is 1. The molecule has 0 aliphatic carbocycles. The second-order valence-corrected chi connectivity index (χ2v) is 7.87. The van der Waals surface area contributed by atoms with Crippen LogP contribution in [0.5, 0.6) is 17.2 Å². The van der Waals surface area contributed by atoms with Crippen molar-refractivity contribution in [1.29, 1.82) is 0 Å². The summed E-state index contributed by atoms with van der Waals surface area (Å²) >= 11 is 6.03. The fourth-order valence-electron chi connectivity index (χ4n) is 3.29. The van der Waals surface area contributed by atoms with Crippen molar-refractivity contribution < 1.29 is 19.4 Å². The van der Waals surface area contributed by atoms with Crippen LogP contribution in [0, 0.1) is 0 Å². The third kappa shape index (κ3) is 7.42. The van der Waals surface area contributed by atoms with Crippen LogP contribution in [0.3, 0.4) is 0 Å². The van der Waals surface area contributed by atoms with Crippen molar-refractivity contribution in [2.24, 2.45) is 0 Å². The zero-order valence-electron chi connectivity index (χ0n) is 17.6. The molecule has 0 heterocycles. The van der Waals surface area contributed by atoms with Gasteiger partial charge in [-0.3, -0.25) is 4.79 Å². The van der Waals surface area contributed by atoms with Gasteiger partial charge in [0.2, 0.25) is 0 Å². The molecule has 1 unspecified atom stereocenters. The smallest absolute Gasteiger partial charge is 0.137 e. The van der Waals surface area contributed by atoms with E-state index in [-0.39, 0.29) is 12.2 Å². The molecule has 1 atom stereocenters. The van der Waals surface area contributed by atoms with E-state index in [4.69, 9.17) is 21.1 Å². The number of hydrogen-bond donors (Lipinski definition) is 1. The number of rotatable bonds is 11. The molecule has 0 saturated carbocycles. The maximum atomic E-state index is 12.2. The maximum Gasteiger partial charge on any atom is 0.137 e. The van der Waals surface area contributed by atoms with Crippen molar-refractivity contribution in [2.75, 3.05) is 7.11 Å². The summed E-state index contributed by atoms with van der Waals surface area (Å²) in [6.45, 7) is 0. The standard InChI is InChI=1S/C26H27ClO4/c1-30-26-17-20(11-16-25(26)27)8-13-22(29)18-21(28)12-7-19-9-14-24(15-10-19)31-23-5-3-2-4-6-23/h2-6,9-11,14-17,21,28H,7-8,12-13,18H2,1H3. The van der Waals surface area contributed by atoms with Crippen LogP contribution in [0.1, 0.15) is 30.4 Å². The molecule has 0 saturated heterocycles. The average Bonchev–Trinajstić information content (AvgIpc) is 2.79. The van der Waals surface area contributed by atoms with Gasteiger partial charge in [-0.15, -0.1) is 0 Å². The lowest BCUT2D eigenvalue weighted by Gasteiger charge is -2.11. The molecule has 4 nitrogen and oxygen atoms in total. The SMILES string of the molecule is COc1cc(CCC(=O)CC(O)CCc2ccc(Oc3ccccc3)cc2)ccc1Cl. The van der Waals surface area contributed by atoms with E-state index in [9.17, 15) is 9.90 Å². The van der Waals surface area contributed by atoms with Crippen LogP contribution in [0.2, 0.25) is 5.02 Å². The molecule has 1 N–H and O–H groups in total. The number of aryl methyl sites for hydroxylation is 2. The van der Waals surface area contributed by atoms with Gasteiger partial charge in [0.15, 0.2) is 0 Å². The first-order chi connectivity index (χ1) is 15.0. The number of Topliss-reactive ketones (excluding diaryl/α,β-unsaturated/α-hetero) is 1. The number of ketones is 1. The van der Waals surface area contributed by atoms with Gasteiger partial charge in [-0.25, -0.2) is 0 Å². The summed E-state index contributed by atoms with van der Waals surface area (Å²) in [5.41, 5.74) is 2.09. The highest BCUT2D eigenvalue weighted by Gasteiger charge is 2.12. The summed E-state index contributed by atoms with van der Waals surface area (Å²) in [6.07, 6.45) is 1.75. The van der Waals surface area contributed by atoms with E-state index >= 15 is 0 Å². The molecule has 0 aromatic heterocycles. The first-order valence-corrected chi connectivity index (χ1v) is 10.8. The monoisotopic (exact) mass is 438 g/mol. The maximum absolute atomic E-state index is 12.2. The van der Waals surface area contributed by atoms with E-state index in [0.29, 0.717) is 36.5 Å². The lowest BCUT2D eigenvalue weighted by molar-refractivity contribution is -0.120. The van der Waals surface area contributed by atoms with Crippen molar-refractivity contribution in [3.05, 3.63) is 88.9 Å². The van der Waals surface area contributed by atoms with Crippen LogP contribution in [-0.4, -0.2) is 24.1 Å². The Balaban J connectivity index is 1.40. The fourth-order valence-corrected chi connectivity index (χ4v) is 3.49. The molecule has 0 radical (unpaired) electrons. The highest BCUT2D eigenvalue weighted by molar-refractivity contribution is 6.32. The van der Waals surface area contributed by atoms with Crippen molar-refractivity contribution >= 4 is 17.4 Å². The molecule has 0 bridgehead atoms. The van der Waals surface area contributed by atoms with Gasteiger partial charge in [-0.05, 0) is 66.8 Å². The molecule has 0 spiro atoms. The number of methoxy groups -OCH3 is 1. The molecule has 5 heteroatoms. The van der Waals surface area contributed by atoms with Crippen LogP contribution in [0.25, 0.3) is 0 Å². The Labute approximate surface area is 188 Å². The summed E-state index contributed by atoms with van der Waals surface area (Å²) < 4.78 is 11.0. The predicted octanol–water partition coefficient (Wildman–Crippen LogP) is 6.03. The summed E-state index contributed by atoms with van der Waals surface area (Å²) in [7, 11) is 1.57. The largest absolute Gasteiger partial charge is 0.495 e. The van der Waals surface area contributed by atoms with Crippen molar-refractivity contribution in [3.63, 3.8) is 0 Å². The first-order valence-electron chi connectivity index (χ1n) is 10.4. The van der Waals surface area contributed by atoms with Gasteiger partial charge in [0, 0.05) is 12.8 Å². The highest BCUT2D eigenvalue weighted by atomic mass is 35.5. The van der Waals surface area contributed by atoms with E-state index in [1.807, 2.05) is 66.7 Å². The molecule has 3 aromatic rings. The van der Waals surface area contributed by atoms with E-state index in [1.165, 1.54) is 0 Å². The van der Waals surface area contributed by atoms with Crippen LogP contribution in [0.4, 0.5) is 0 Å². The second-order valence-electron chi connectivity index (χ2n) is 7.46. The van der Waals surface area contributed by atoms with Gasteiger partial charge >= 0.3 is 0 Å². The molecule has 0 amide bonds. The summed E-state index contributed by atoms with van der Waals surface area (Å²) in [5, 5.41) is 10.8. The van der Waals surface area contributed by atoms with Crippen molar-refractivity contribution in [3.8, 4) is 17.2 Å². The molecule has 31 heavy (non-hydrogen) atoms. The number of benzene rings is 3. The summed E-state index contributed by atoms with van der Waals surface area (Å²) in [5.74, 6) is 2.21. The third-order valence-electron chi connectivity index (χ3n) is 5.04. The topological polar surface area (TPSA) is 55.8 Å². The number of aliphatic hydroxyl groups excluding tert-OH is 1. The van der Waals surface area contributed by atoms with Gasteiger partial charge in [0.25, 0.3) is 0 Å². The van der Waals surface area contributed by atoms with Crippen LogP contribution >= 0.6 is 11.6 Å². The normalized spacial score (nSPS) is 11.7. The molecule has 3 aromatic carbocycles. The molecule has 3 rings (SSSR count). The lowest BCUT2D eigenvalue weighted by atomic mass is 10.00. The van der Waals surface area contributed by atoms with Gasteiger partial charge in [-0.2, -0.15) is 0 Å². The minimum absolute atomic E-state index is 0.0491. The predicted molar refractivity (Wildman–Crippen MR) is 123 cm³/mol. The minimum atomic E-state index is -0.646. The van der Waals surface area contributed by atoms with Gasteiger partial charge < -0.3 is 14.6 Å². The number of ether oxygens (including phenoxy) is 2. The molecular formula is C26H27ClO4. The second kappa shape index (κ2) is 11.5. The van der Waals surface area contributed by atoms with Gasteiger partial charge in [0.1, 0.15) is 23.0 Å². The number of halogens is 1. The van der Waals surface area contributed by atoms with Crippen LogP contribution < -0.4 is 9.47 Å². The van der Waals surface area contributed by atoms with Gasteiger partial charge in [-0.1, -0.05) is 48.0 Å². The molecule has 162 valence electrons. The highest BCUT2D eigenvalue weighted by Crippen LogP contribution is 2.26. The molecule has 0 fully saturated rings. The minimum Gasteiger partial charge on any atom is -0.495 e. The Kier molecular flexibility index (Phi) is 8.51. The Bertz CT molecular complexity index is 970. The number of carbonyl (C=O) groups excluding carboxylic acids is 1. The van der Waals surface area contributed by atoms with Crippen molar-refractivity contribution in [1.82, 2.24) is 0 Å². The van der Waals surface area contributed by atoms with Crippen LogP contribution in [-0.2, 0) is 17.6 Å². The Morgan fingerprint density at radius 3 is 2.32 bits per heavy atom. The lowest BCUT2D eigenvalue weighted by Crippen LogP contribution is -2.15. The number of hydrogen-bond acceptors (Lipinski definition) is 4. The first kappa shape index (κ1) is 22.9. The van der Waals surface area contributed by atoms with E-state index < -0.39 is 6.10 Å². The third-order valence-corrected chi connectivity index (χ3v) is 5.35. The molecular weight excluding hydrogens is 412 g/mol.